The van der Waals surface area contributed by atoms with Crippen LogP contribution < -0.4 is 10.1 Å². The number of benzene rings is 3. The molecule has 0 fully saturated rings. The molecule has 116 valence electrons. The number of carbonyl (C=O) groups excluding carboxylic acids is 1. The first-order valence-corrected chi connectivity index (χ1v) is 7.79. The maximum Gasteiger partial charge on any atom is 0.260 e. The lowest BCUT2D eigenvalue weighted by Crippen LogP contribution is -2.14. The molecule has 23 heavy (non-hydrogen) atoms. The van der Waals surface area contributed by atoms with Crippen molar-refractivity contribution in [2.24, 2.45) is 0 Å². The summed E-state index contributed by atoms with van der Waals surface area (Å²) in [5.41, 5.74) is 1.10. The van der Waals surface area contributed by atoms with Gasteiger partial charge in [0, 0.05) is 0 Å². The second-order valence-electron chi connectivity index (χ2n) is 5.03. The quantitative estimate of drug-likeness (QED) is 0.721. The monoisotopic (exact) mass is 325 g/mol. The van der Waals surface area contributed by atoms with Crippen molar-refractivity contribution in [2.45, 2.75) is 6.92 Å². The largest absolute Gasteiger partial charge is 0.493 e. The molecule has 3 aromatic rings. The van der Waals surface area contributed by atoms with Crippen LogP contribution in [0.1, 0.15) is 17.3 Å². The Hall–Kier alpha value is -2.52. The second kappa shape index (κ2) is 6.71. The third-order valence-corrected chi connectivity index (χ3v) is 3.87. The van der Waals surface area contributed by atoms with Gasteiger partial charge in [-0.15, -0.1) is 0 Å². The highest BCUT2D eigenvalue weighted by atomic mass is 35.5. The van der Waals surface area contributed by atoms with Gasteiger partial charge in [0.25, 0.3) is 5.91 Å². The van der Waals surface area contributed by atoms with Crippen LogP contribution in [-0.2, 0) is 0 Å². The number of amides is 1. The SMILES string of the molecule is CCOc1ccc2ccccc2c1C(=O)Nc1ccccc1Cl. The average Bonchev–Trinajstić information content (AvgIpc) is 2.57. The molecular formula is C19H16ClNO2. The van der Waals surface area contributed by atoms with Crippen LogP contribution in [0.5, 0.6) is 5.75 Å². The van der Waals surface area contributed by atoms with E-state index in [4.69, 9.17) is 16.3 Å². The zero-order valence-corrected chi connectivity index (χ0v) is 13.4. The number of nitrogens with one attached hydrogen (secondary N) is 1. The Morgan fingerprint density at radius 2 is 1.78 bits per heavy atom. The molecule has 0 atom stereocenters. The lowest BCUT2D eigenvalue weighted by Gasteiger charge is -2.14. The summed E-state index contributed by atoms with van der Waals surface area (Å²) in [6, 6.07) is 18.7. The van der Waals surface area contributed by atoms with Gasteiger partial charge in [0.15, 0.2) is 0 Å². The highest BCUT2D eigenvalue weighted by Crippen LogP contribution is 2.30. The minimum atomic E-state index is -0.238. The summed E-state index contributed by atoms with van der Waals surface area (Å²) >= 11 is 6.13. The zero-order valence-electron chi connectivity index (χ0n) is 12.7. The highest BCUT2D eigenvalue weighted by molar-refractivity contribution is 6.34. The van der Waals surface area contributed by atoms with Crippen molar-refractivity contribution in [1.29, 1.82) is 0 Å². The van der Waals surface area contributed by atoms with Gasteiger partial charge in [0.05, 0.1) is 22.9 Å². The number of hydrogen-bond donors (Lipinski definition) is 1. The van der Waals surface area contributed by atoms with Gasteiger partial charge in [-0.3, -0.25) is 4.79 Å². The summed E-state index contributed by atoms with van der Waals surface area (Å²) in [5.74, 6) is 0.328. The number of fused-ring (bicyclic) bond motifs is 1. The zero-order chi connectivity index (χ0) is 16.2. The van der Waals surface area contributed by atoms with Gasteiger partial charge in [-0.25, -0.2) is 0 Å². The van der Waals surface area contributed by atoms with E-state index in [0.29, 0.717) is 28.6 Å². The standard InChI is InChI=1S/C19H16ClNO2/c1-2-23-17-12-11-13-7-3-4-8-14(13)18(17)19(22)21-16-10-6-5-9-15(16)20/h3-12H,2H2,1H3,(H,21,22). The molecule has 0 heterocycles. The predicted molar refractivity (Wildman–Crippen MR) is 94.5 cm³/mol. The Labute approximate surface area is 139 Å². The smallest absolute Gasteiger partial charge is 0.260 e. The Morgan fingerprint density at radius 1 is 1.04 bits per heavy atom. The van der Waals surface area contributed by atoms with Crippen LogP contribution >= 0.6 is 11.6 Å². The molecule has 0 aliphatic heterocycles. The topological polar surface area (TPSA) is 38.3 Å². The maximum atomic E-state index is 12.8. The molecule has 4 heteroatoms. The van der Waals surface area contributed by atoms with E-state index in [1.54, 1.807) is 12.1 Å². The number of anilines is 1. The van der Waals surface area contributed by atoms with Crippen molar-refractivity contribution in [3.05, 3.63) is 71.2 Å². The molecule has 3 rings (SSSR count). The van der Waals surface area contributed by atoms with E-state index < -0.39 is 0 Å². The minimum Gasteiger partial charge on any atom is -0.493 e. The van der Waals surface area contributed by atoms with Gasteiger partial charge in [-0.1, -0.05) is 54.1 Å². The van der Waals surface area contributed by atoms with E-state index >= 15 is 0 Å². The number of para-hydroxylation sites is 1. The lowest BCUT2D eigenvalue weighted by molar-refractivity contribution is 0.102. The Balaban J connectivity index is 2.08. The van der Waals surface area contributed by atoms with Crippen molar-refractivity contribution in [1.82, 2.24) is 0 Å². The van der Waals surface area contributed by atoms with Gasteiger partial charge in [-0.05, 0) is 35.9 Å². The van der Waals surface area contributed by atoms with Crippen molar-refractivity contribution in [3.8, 4) is 5.75 Å². The van der Waals surface area contributed by atoms with E-state index in [0.717, 1.165) is 10.8 Å². The van der Waals surface area contributed by atoms with E-state index in [1.807, 2.05) is 55.5 Å². The molecule has 3 nitrogen and oxygen atoms in total. The fourth-order valence-electron chi connectivity index (χ4n) is 2.51. The molecule has 0 aromatic heterocycles. The van der Waals surface area contributed by atoms with E-state index in [-0.39, 0.29) is 5.91 Å². The van der Waals surface area contributed by atoms with Gasteiger partial charge in [-0.2, -0.15) is 0 Å². The summed E-state index contributed by atoms with van der Waals surface area (Å²) in [5, 5.41) is 5.20. The van der Waals surface area contributed by atoms with Crippen LogP contribution in [0.15, 0.2) is 60.7 Å². The predicted octanol–water partition coefficient (Wildman–Crippen LogP) is 5.14. The van der Waals surface area contributed by atoms with E-state index in [2.05, 4.69) is 5.32 Å². The first-order valence-electron chi connectivity index (χ1n) is 7.41. The van der Waals surface area contributed by atoms with E-state index in [9.17, 15) is 4.79 Å². The highest BCUT2D eigenvalue weighted by Gasteiger charge is 2.17. The molecule has 1 amide bonds. The fourth-order valence-corrected chi connectivity index (χ4v) is 2.69. The van der Waals surface area contributed by atoms with Gasteiger partial charge in [0.2, 0.25) is 0 Å². The molecule has 0 aliphatic rings. The van der Waals surface area contributed by atoms with Crippen molar-refractivity contribution < 1.29 is 9.53 Å². The molecule has 3 aromatic carbocycles. The molecule has 0 saturated carbocycles. The van der Waals surface area contributed by atoms with Crippen LogP contribution in [0.4, 0.5) is 5.69 Å². The van der Waals surface area contributed by atoms with Crippen LogP contribution in [0.3, 0.4) is 0 Å². The summed E-state index contributed by atoms with van der Waals surface area (Å²) in [6.45, 7) is 2.38. The number of hydrogen-bond acceptors (Lipinski definition) is 2. The molecule has 1 N–H and O–H groups in total. The van der Waals surface area contributed by atoms with Crippen LogP contribution in [-0.4, -0.2) is 12.5 Å². The minimum absolute atomic E-state index is 0.238. The summed E-state index contributed by atoms with van der Waals surface area (Å²) in [7, 11) is 0. The Bertz CT molecular complexity index is 861. The molecule has 0 bridgehead atoms. The van der Waals surface area contributed by atoms with Gasteiger partial charge < -0.3 is 10.1 Å². The van der Waals surface area contributed by atoms with Gasteiger partial charge >= 0.3 is 0 Å². The molecule has 0 saturated heterocycles. The fraction of sp³-hybridized carbons (Fsp3) is 0.105. The molecule has 0 unspecified atom stereocenters. The summed E-state index contributed by atoms with van der Waals surface area (Å²) < 4.78 is 5.64. The average molecular weight is 326 g/mol. The van der Waals surface area contributed by atoms with Crippen molar-refractivity contribution >= 4 is 34.0 Å². The number of ether oxygens (including phenoxy) is 1. The van der Waals surface area contributed by atoms with Crippen LogP contribution in [0.2, 0.25) is 5.02 Å². The Kier molecular flexibility index (Phi) is 4.49. The maximum absolute atomic E-state index is 12.8. The van der Waals surface area contributed by atoms with Crippen LogP contribution in [0.25, 0.3) is 10.8 Å². The third kappa shape index (κ3) is 3.15. The lowest BCUT2D eigenvalue weighted by atomic mass is 10.0. The number of halogens is 1. The molecule has 0 spiro atoms. The first-order chi connectivity index (χ1) is 11.2. The van der Waals surface area contributed by atoms with Crippen molar-refractivity contribution in [2.75, 3.05) is 11.9 Å². The Morgan fingerprint density at radius 3 is 2.57 bits per heavy atom. The molecule has 0 aliphatic carbocycles. The molecule has 0 radical (unpaired) electrons. The summed E-state index contributed by atoms with van der Waals surface area (Å²) in [4.78, 5) is 12.8. The van der Waals surface area contributed by atoms with Gasteiger partial charge in [0.1, 0.15) is 5.75 Å². The first kappa shape index (κ1) is 15.4. The normalized spacial score (nSPS) is 10.5. The van der Waals surface area contributed by atoms with Crippen LogP contribution in [0, 0.1) is 0 Å². The summed E-state index contributed by atoms with van der Waals surface area (Å²) in [6.07, 6.45) is 0. The number of carbonyl (C=O) groups is 1. The third-order valence-electron chi connectivity index (χ3n) is 3.54. The molecular weight excluding hydrogens is 310 g/mol. The van der Waals surface area contributed by atoms with Crippen molar-refractivity contribution in [3.63, 3.8) is 0 Å². The van der Waals surface area contributed by atoms with E-state index in [1.165, 1.54) is 0 Å². The second-order valence-corrected chi connectivity index (χ2v) is 5.43. The number of rotatable bonds is 4.